The van der Waals surface area contributed by atoms with Gasteiger partial charge in [0.2, 0.25) is 5.91 Å². The molecule has 2 amide bonds. The Labute approximate surface area is 139 Å². The fourth-order valence-corrected chi connectivity index (χ4v) is 2.81. The fraction of sp³-hybridized carbons (Fsp3) is 0.471. The molecule has 0 spiro atoms. The molecule has 128 valence electrons. The van der Waals surface area contributed by atoms with Gasteiger partial charge < -0.3 is 14.8 Å². The van der Waals surface area contributed by atoms with Gasteiger partial charge in [-0.2, -0.15) is 0 Å². The molecule has 0 radical (unpaired) electrons. The molecule has 0 aromatic heterocycles. The van der Waals surface area contributed by atoms with Crippen molar-refractivity contribution in [2.75, 3.05) is 37.8 Å². The Hall–Kier alpha value is -2.25. The highest BCUT2D eigenvalue weighted by molar-refractivity contribution is 6.52. The summed E-state index contributed by atoms with van der Waals surface area (Å²) in [5, 5.41) is 2.72. The summed E-state index contributed by atoms with van der Waals surface area (Å²) in [6.45, 7) is 3.61. The first kappa shape index (κ1) is 16.6. The molecule has 24 heavy (non-hydrogen) atoms. The van der Waals surface area contributed by atoms with E-state index in [2.05, 4.69) is 5.32 Å². The number of hydrogen-bond donors (Lipinski definition) is 1. The molecule has 7 nitrogen and oxygen atoms in total. The molecule has 2 heterocycles. The fourth-order valence-electron chi connectivity index (χ4n) is 2.81. The number of nitrogens with one attached hydrogen (secondary N) is 1. The number of carbonyl (C=O) groups excluding carboxylic acids is 3. The Morgan fingerprint density at radius 1 is 1.33 bits per heavy atom. The highest BCUT2D eigenvalue weighted by Crippen LogP contribution is 2.29. The van der Waals surface area contributed by atoms with Crippen LogP contribution < -0.4 is 10.2 Å². The Balaban J connectivity index is 1.63. The molecule has 1 aromatic rings. The van der Waals surface area contributed by atoms with Crippen LogP contribution in [0.15, 0.2) is 18.2 Å². The topological polar surface area (TPSA) is 84.9 Å². The number of Topliss-reactive ketones (excluding diaryl/α,β-unsaturated/α-hetero) is 1. The summed E-state index contributed by atoms with van der Waals surface area (Å²) < 4.78 is 10.7. The van der Waals surface area contributed by atoms with Gasteiger partial charge in [0.15, 0.2) is 0 Å². The lowest BCUT2D eigenvalue weighted by Crippen LogP contribution is -2.44. The summed E-state index contributed by atoms with van der Waals surface area (Å²) in [6.07, 6.45) is 0.594. The molecule has 1 N–H and O–H groups in total. The van der Waals surface area contributed by atoms with Gasteiger partial charge in [-0.15, -0.1) is 0 Å². The number of carbonyl (C=O) groups is 3. The van der Waals surface area contributed by atoms with Crippen molar-refractivity contribution in [3.63, 3.8) is 0 Å². The van der Waals surface area contributed by atoms with E-state index in [1.165, 1.54) is 4.90 Å². The van der Waals surface area contributed by atoms with Crippen molar-refractivity contribution in [1.82, 2.24) is 5.32 Å². The third-order valence-electron chi connectivity index (χ3n) is 4.16. The third-order valence-corrected chi connectivity index (χ3v) is 4.16. The largest absolute Gasteiger partial charge is 0.376 e. The second-order valence-corrected chi connectivity index (χ2v) is 5.80. The van der Waals surface area contributed by atoms with Gasteiger partial charge in [-0.25, -0.2) is 0 Å². The van der Waals surface area contributed by atoms with E-state index >= 15 is 0 Å². The Bertz CT molecular complexity index is 667. The maximum atomic E-state index is 12.2. The van der Waals surface area contributed by atoms with E-state index in [0.717, 1.165) is 12.0 Å². The molecule has 3 rings (SSSR count). The number of amides is 2. The van der Waals surface area contributed by atoms with Crippen LogP contribution in [-0.4, -0.2) is 56.6 Å². The van der Waals surface area contributed by atoms with Crippen LogP contribution >= 0.6 is 0 Å². The highest BCUT2D eigenvalue weighted by Gasteiger charge is 2.36. The SMILES string of the molecule is CCc1ccc2c(c1)C(=O)C(=O)N2CC(=O)NCC1COCCO1. The van der Waals surface area contributed by atoms with E-state index < -0.39 is 11.7 Å². The second-order valence-electron chi connectivity index (χ2n) is 5.80. The van der Waals surface area contributed by atoms with Crippen LogP contribution in [0.2, 0.25) is 0 Å². The summed E-state index contributed by atoms with van der Waals surface area (Å²) >= 11 is 0. The van der Waals surface area contributed by atoms with Gasteiger partial charge in [0, 0.05) is 6.54 Å². The lowest BCUT2D eigenvalue weighted by Gasteiger charge is -2.23. The van der Waals surface area contributed by atoms with E-state index in [1.54, 1.807) is 12.1 Å². The lowest BCUT2D eigenvalue weighted by atomic mass is 10.1. The van der Waals surface area contributed by atoms with Crippen molar-refractivity contribution in [3.8, 4) is 0 Å². The minimum atomic E-state index is -0.661. The van der Waals surface area contributed by atoms with Gasteiger partial charge in [0.1, 0.15) is 6.54 Å². The molecule has 2 aliphatic heterocycles. The molecular formula is C17H20N2O5. The summed E-state index contributed by atoms with van der Waals surface area (Å²) in [5.41, 5.74) is 1.85. The molecule has 1 fully saturated rings. The predicted molar refractivity (Wildman–Crippen MR) is 86.1 cm³/mol. The molecular weight excluding hydrogens is 312 g/mol. The number of rotatable bonds is 5. The first-order valence-electron chi connectivity index (χ1n) is 8.05. The average molecular weight is 332 g/mol. The number of aryl methyl sites for hydroxylation is 1. The third kappa shape index (κ3) is 3.32. The molecule has 0 saturated carbocycles. The summed E-state index contributed by atoms with van der Waals surface area (Å²) in [6, 6.07) is 5.31. The number of anilines is 1. The van der Waals surface area contributed by atoms with Crippen molar-refractivity contribution in [3.05, 3.63) is 29.3 Å². The number of fused-ring (bicyclic) bond motifs is 1. The second kappa shape index (κ2) is 7.11. The van der Waals surface area contributed by atoms with Gasteiger partial charge in [0.05, 0.1) is 37.2 Å². The normalized spacial score (nSPS) is 20.2. The minimum absolute atomic E-state index is 0.182. The Morgan fingerprint density at radius 3 is 2.88 bits per heavy atom. The maximum Gasteiger partial charge on any atom is 0.299 e. The minimum Gasteiger partial charge on any atom is -0.376 e. The molecule has 1 atom stereocenters. The van der Waals surface area contributed by atoms with Crippen molar-refractivity contribution < 1.29 is 23.9 Å². The maximum absolute atomic E-state index is 12.2. The average Bonchev–Trinajstić information content (AvgIpc) is 2.85. The van der Waals surface area contributed by atoms with E-state index in [9.17, 15) is 14.4 Å². The summed E-state index contributed by atoms with van der Waals surface area (Å²) in [4.78, 5) is 37.6. The zero-order chi connectivity index (χ0) is 17.1. The quantitative estimate of drug-likeness (QED) is 0.785. The van der Waals surface area contributed by atoms with Crippen molar-refractivity contribution in [2.45, 2.75) is 19.4 Å². The van der Waals surface area contributed by atoms with Crippen molar-refractivity contribution in [1.29, 1.82) is 0 Å². The smallest absolute Gasteiger partial charge is 0.299 e. The van der Waals surface area contributed by atoms with Crippen molar-refractivity contribution >= 4 is 23.3 Å². The van der Waals surface area contributed by atoms with Gasteiger partial charge >= 0.3 is 0 Å². The van der Waals surface area contributed by atoms with Crippen LogP contribution in [0.4, 0.5) is 5.69 Å². The zero-order valence-electron chi connectivity index (χ0n) is 13.5. The van der Waals surface area contributed by atoms with E-state index in [0.29, 0.717) is 37.6 Å². The monoisotopic (exact) mass is 332 g/mol. The molecule has 7 heteroatoms. The standard InChI is InChI=1S/C17H20N2O5/c1-2-11-3-4-14-13(7-11)16(21)17(22)19(14)9-15(20)18-8-12-10-23-5-6-24-12/h3-4,7,12H,2,5-6,8-10H2,1H3,(H,18,20). The Morgan fingerprint density at radius 2 is 2.17 bits per heavy atom. The van der Waals surface area contributed by atoms with Crippen LogP contribution in [0, 0.1) is 0 Å². The first-order chi connectivity index (χ1) is 11.6. The van der Waals surface area contributed by atoms with Gasteiger partial charge in [0.25, 0.3) is 11.7 Å². The molecule has 1 saturated heterocycles. The number of ether oxygens (including phenoxy) is 2. The lowest BCUT2D eigenvalue weighted by molar-refractivity contribution is -0.124. The van der Waals surface area contributed by atoms with Gasteiger partial charge in [-0.05, 0) is 24.1 Å². The first-order valence-corrected chi connectivity index (χ1v) is 8.05. The van der Waals surface area contributed by atoms with E-state index in [-0.39, 0.29) is 18.6 Å². The van der Waals surface area contributed by atoms with Crippen LogP contribution in [0.25, 0.3) is 0 Å². The van der Waals surface area contributed by atoms with Crippen LogP contribution in [-0.2, 0) is 25.5 Å². The molecule has 2 aliphatic rings. The van der Waals surface area contributed by atoms with Crippen LogP contribution in [0.1, 0.15) is 22.8 Å². The molecule has 0 bridgehead atoms. The molecule has 0 aliphatic carbocycles. The van der Waals surface area contributed by atoms with Crippen LogP contribution in [0.5, 0.6) is 0 Å². The van der Waals surface area contributed by atoms with E-state index in [1.807, 2.05) is 13.0 Å². The zero-order valence-corrected chi connectivity index (χ0v) is 13.5. The van der Waals surface area contributed by atoms with Crippen LogP contribution in [0.3, 0.4) is 0 Å². The predicted octanol–water partition coefficient (Wildman–Crippen LogP) is 0.310. The molecule has 1 aromatic carbocycles. The number of nitrogens with zero attached hydrogens (tertiary/aromatic N) is 1. The number of benzene rings is 1. The number of hydrogen-bond acceptors (Lipinski definition) is 5. The Kier molecular flexibility index (Phi) is 4.92. The van der Waals surface area contributed by atoms with Crippen molar-refractivity contribution in [2.24, 2.45) is 0 Å². The van der Waals surface area contributed by atoms with Gasteiger partial charge in [-0.1, -0.05) is 13.0 Å². The number of ketones is 1. The molecule has 1 unspecified atom stereocenters. The summed E-state index contributed by atoms with van der Waals surface area (Å²) in [5.74, 6) is -1.56. The van der Waals surface area contributed by atoms with E-state index in [4.69, 9.17) is 9.47 Å². The summed E-state index contributed by atoms with van der Waals surface area (Å²) in [7, 11) is 0. The van der Waals surface area contributed by atoms with Gasteiger partial charge in [-0.3, -0.25) is 19.3 Å². The highest BCUT2D eigenvalue weighted by atomic mass is 16.6.